The second kappa shape index (κ2) is 16.7. The highest BCUT2D eigenvalue weighted by atomic mass is 35.5. The second-order valence-electron chi connectivity index (χ2n) is 9.70. The third kappa shape index (κ3) is 8.52. The zero-order chi connectivity index (χ0) is 35.1. The minimum atomic E-state index is -0.811. The summed E-state index contributed by atoms with van der Waals surface area (Å²) in [4.78, 5) is 39.2. The highest BCUT2D eigenvalue weighted by Gasteiger charge is 2.24. The highest BCUT2D eigenvalue weighted by molar-refractivity contribution is 6.38. The Morgan fingerprint density at radius 3 is 0.896 bits per heavy atom. The lowest BCUT2D eigenvalue weighted by atomic mass is 10.1. The van der Waals surface area contributed by atoms with E-state index in [9.17, 15) is 14.4 Å². The molecule has 0 unspecified atom stereocenters. The van der Waals surface area contributed by atoms with Crippen LogP contribution in [-0.2, 0) is 34.0 Å². The Morgan fingerprint density at radius 1 is 0.438 bits per heavy atom. The number of hydrogen-bond acceptors (Lipinski definition) is 9. The fourth-order valence-electron chi connectivity index (χ4n) is 4.52. The van der Waals surface area contributed by atoms with Gasteiger partial charge >= 0.3 is 17.9 Å². The lowest BCUT2D eigenvalue weighted by Crippen LogP contribution is -2.11. The molecule has 9 nitrogen and oxygen atoms in total. The third-order valence-corrected chi connectivity index (χ3v) is 8.46. The molecule has 0 atom stereocenters. The van der Waals surface area contributed by atoms with Gasteiger partial charge in [-0.15, -0.1) is 0 Å². The number of carbonyl (C=O) groups is 3. The van der Waals surface area contributed by atoms with Crippen molar-refractivity contribution in [3.8, 4) is 17.2 Å². The van der Waals surface area contributed by atoms with E-state index in [0.717, 1.165) is 0 Å². The third-order valence-electron chi connectivity index (χ3n) is 6.62. The zero-order valence-corrected chi connectivity index (χ0v) is 29.8. The van der Waals surface area contributed by atoms with E-state index in [2.05, 4.69) is 0 Å². The summed E-state index contributed by atoms with van der Waals surface area (Å²) < 4.78 is 32.3. The molecule has 0 saturated heterocycles. The summed E-state index contributed by atoms with van der Waals surface area (Å²) in [5.41, 5.74) is 1.13. The van der Waals surface area contributed by atoms with Crippen molar-refractivity contribution in [3.63, 3.8) is 0 Å². The number of methoxy groups -OCH3 is 3. The van der Waals surface area contributed by atoms with Crippen molar-refractivity contribution >= 4 is 87.5 Å². The van der Waals surface area contributed by atoms with Crippen LogP contribution in [0.15, 0.2) is 54.6 Å². The Morgan fingerprint density at radius 2 is 0.667 bits per heavy atom. The standard InChI is InChI=1S/C33H24Cl6O9/c1-43-28-22(37)7-4-19(34)25(28)31(40)46-13-16-10-17(14-47-32(41)26-20(35)5-8-23(38)29(26)44-2)12-18(11-16)15-48-33(42)27-21(36)6-9-24(39)30(27)45-3/h4-12H,13-15H2,1-3H3. The first kappa shape index (κ1) is 37.3. The van der Waals surface area contributed by atoms with Crippen molar-refractivity contribution in [2.24, 2.45) is 0 Å². The van der Waals surface area contributed by atoms with Gasteiger partial charge in [-0.3, -0.25) is 0 Å². The topological polar surface area (TPSA) is 107 Å². The summed E-state index contributed by atoms with van der Waals surface area (Å²) in [5.74, 6) is -2.29. The Bertz CT molecular complexity index is 1650. The molecule has 0 radical (unpaired) electrons. The van der Waals surface area contributed by atoms with E-state index in [-0.39, 0.29) is 83.9 Å². The molecule has 0 aromatic heterocycles. The summed E-state index contributed by atoms with van der Waals surface area (Å²) in [6, 6.07) is 13.6. The van der Waals surface area contributed by atoms with Crippen LogP contribution >= 0.6 is 69.6 Å². The van der Waals surface area contributed by atoms with Crippen molar-refractivity contribution in [3.05, 3.63) is 118 Å². The predicted molar refractivity (Wildman–Crippen MR) is 183 cm³/mol. The molecular formula is C33H24Cl6O9. The number of rotatable bonds is 12. The minimum Gasteiger partial charge on any atom is -0.494 e. The van der Waals surface area contributed by atoms with Crippen LogP contribution in [-0.4, -0.2) is 39.2 Å². The number of hydrogen-bond donors (Lipinski definition) is 0. The molecule has 15 heteroatoms. The molecule has 0 saturated carbocycles. The highest BCUT2D eigenvalue weighted by Crippen LogP contribution is 2.37. The van der Waals surface area contributed by atoms with Crippen LogP contribution in [0.5, 0.6) is 17.2 Å². The molecule has 0 spiro atoms. The first-order chi connectivity index (χ1) is 22.9. The van der Waals surface area contributed by atoms with Gasteiger partial charge in [0.2, 0.25) is 0 Å². The first-order valence-electron chi connectivity index (χ1n) is 13.6. The number of halogens is 6. The zero-order valence-electron chi connectivity index (χ0n) is 25.3. The van der Waals surface area contributed by atoms with Gasteiger partial charge in [-0.05, 0) is 71.3 Å². The molecular weight excluding hydrogens is 753 g/mol. The second-order valence-corrected chi connectivity index (χ2v) is 12.1. The summed E-state index contributed by atoms with van der Waals surface area (Å²) in [6.45, 7) is -0.805. The SMILES string of the molecule is COc1c(Cl)ccc(Cl)c1C(=O)OCc1cc(COC(=O)c2c(Cl)ccc(Cl)c2OC)cc(COC(=O)c2c(Cl)ccc(Cl)c2OC)c1. The molecule has 0 heterocycles. The molecule has 4 aromatic rings. The number of ether oxygens (including phenoxy) is 6. The van der Waals surface area contributed by atoms with Crippen molar-refractivity contribution in [2.75, 3.05) is 21.3 Å². The summed E-state index contributed by atoms with van der Waals surface area (Å²) in [5, 5.41) is 0.693. The van der Waals surface area contributed by atoms with Gasteiger partial charge in [-0.2, -0.15) is 0 Å². The molecule has 252 valence electrons. The van der Waals surface area contributed by atoms with Crippen LogP contribution in [0.25, 0.3) is 0 Å². The lowest BCUT2D eigenvalue weighted by Gasteiger charge is -2.15. The van der Waals surface area contributed by atoms with Gasteiger partial charge in [0.15, 0.2) is 17.2 Å². The van der Waals surface area contributed by atoms with E-state index < -0.39 is 17.9 Å². The summed E-state index contributed by atoms with van der Waals surface area (Å²) in [7, 11) is 4.01. The monoisotopic (exact) mass is 774 g/mol. The lowest BCUT2D eigenvalue weighted by molar-refractivity contribution is 0.0467. The van der Waals surface area contributed by atoms with Crippen molar-refractivity contribution in [1.29, 1.82) is 0 Å². The van der Waals surface area contributed by atoms with Crippen molar-refractivity contribution in [1.82, 2.24) is 0 Å². The molecule has 0 fully saturated rings. The van der Waals surface area contributed by atoms with Crippen LogP contribution in [0.1, 0.15) is 47.8 Å². The fraction of sp³-hybridized carbons (Fsp3) is 0.182. The number of benzene rings is 4. The molecule has 0 N–H and O–H groups in total. The largest absolute Gasteiger partial charge is 0.494 e. The normalized spacial score (nSPS) is 10.7. The molecule has 4 rings (SSSR count). The maximum Gasteiger partial charge on any atom is 0.343 e. The Hall–Kier alpha value is -3.57. The predicted octanol–water partition coefficient (Wildman–Crippen LogP) is 9.70. The Labute approximate surface area is 305 Å². The number of carbonyl (C=O) groups excluding carboxylic acids is 3. The van der Waals surface area contributed by atoms with E-state index in [4.69, 9.17) is 98.0 Å². The van der Waals surface area contributed by atoms with E-state index in [1.165, 1.54) is 57.7 Å². The Kier molecular flexibility index (Phi) is 13.0. The van der Waals surface area contributed by atoms with Gasteiger partial charge < -0.3 is 28.4 Å². The van der Waals surface area contributed by atoms with Crippen molar-refractivity contribution < 1.29 is 42.8 Å². The minimum absolute atomic E-state index is 0.0487. The van der Waals surface area contributed by atoms with E-state index in [1.807, 2.05) is 0 Å². The van der Waals surface area contributed by atoms with E-state index in [1.54, 1.807) is 18.2 Å². The van der Waals surface area contributed by atoms with Crippen molar-refractivity contribution in [2.45, 2.75) is 19.8 Å². The molecule has 0 amide bonds. The van der Waals surface area contributed by atoms with E-state index >= 15 is 0 Å². The van der Waals surface area contributed by atoms with Gasteiger partial charge in [0.1, 0.15) is 36.5 Å². The first-order valence-corrected chi connectivity index (χ1v) is 15.9. The molecule has 0 aliphatic carbocycles. The maximum absolute atomic E-state index is 13.1. The fourth-order valence-corrected chi connectivity index (χ4v) is 5.90. The average Bonchev–Trinajstić information content (AvgIpc) is 3.07. The smallest absolute Gasteiger partial charge is 0.343 e. The molecule has 48 heavy (non-hydrogen) atoms. The van der Waals surface area contributed by atoms with Crippen LogP contribution < -0.4 is 14.2 Å². The van der Waals surface area contributed by atoms with Gasteiger partial charge in [0, 0.05) is 0 Å². The average molecular weight is 777 g/mol. The summed E-state index contributed by atoms with van der Waals surface area (Å²) >= 11 is 37.2. The van der Waals surface area contributed by atoms with Gasteiger partial charge in [-0.25, -0.2) is 14.4 Å². The van der Waals surface area contributed by atoms with E-state index in [0.29, 0.717) is 16.7 Å². The molecule has 0 aliphatic heterocycles. The Balaban J connectivity index is 1.61. The van der Waals surface area contributed by atoms with Crippen LogP contribution in [0.4, 0.5) is 0 Å². The number of esters is 3. The van der Waals surface area contributed by atoms with Gasteiger partial charge in [-0.1, -0.05) is 69.6 Å². The van der Waals surface area contributed by atoms with Gasteiger partial charge in [0.05, 0.1) is 51.5 Å². The summed E-state index contributed by atoms with van der Waals surface area (Å²) in [6.07, 6.45) is 0. The van der Waals surface area contributed by atoms with Crippen LogP contribution in [0, 0.1) is 0 Å². The molecule has 0 aliphatic rings. The maximum atomic E-state index is 13.1. The van der Waals surface area contributed by atoms with Gasteiger partial charge in [0.25, 0.3) is 0 Å². The quantitative estimate of drug-likeness (QED) is 0.103. The van der Waals surface area contributed by atoms with Crippen LogP contribution in [0.3, 0.4) is 0 Å². The molecule has 4 aromatic carbocycles. The van der Waals surface area contributed by atoms with Crippen LogP contribution in [0.2, 0.25) is 30.1 Å². The molecule has 0 bridgehead atoms.